The molecule has 2 heteroatoms. The molecule has 1 saturated heterocycles. The van der Waals surface area contributed by atoms with Crippen LogP contribution in [0.1, 0.15) is 60.3 Å². The van der Waals surface area contributed by atoms with Crippen LogP contribution in [0.3, 0.4) is 0 Å². The van der Waals surface area contributed by atoms with Crippen LogP contribution in [-0.4, -0.2) is 29.8 Å². The van der Waals surface area contributed by atoms with Crippen LogP contribution in [0.2, 0.25) is 0 Å². The Kier molecular flexibility index (Phi) is 7.72. The summed E-state index contributed by atoms with van der Waals surface area (Å²) in [6.45, 7) is 16.4. The van der Waals surface area contributed by atoms with E-state index < -0.39 is 0 Å². The molecule has 0 amide bonds. The predicted molar refractivity (Wildman–Crippen MR) is 84.3 cm³/mol. The summed E-state index contributed by atoms with van der Waals surface area (Å²) in [5.41, 5.74) is 0. The van der Waals surface area contributed by atoms with Crippen LogP contribution in [0, 0.1) is 0 Å². The zero-order chi connectivity index (χ0) is 12.8. The molecule has 0 radical (unpaired) electrons. The summed E-state index contributed by atoms with van der Waals surface area (Å²) in [5.74, 6) is 0. The van der Waals surface area contributed by atoms with Crippen molar-refractivity contribution >= 4 is 16.5 Å². The van der Waals surface area contributed by atoms with Crippen molar-refractivity contribution in [3.63, 3.8) is 0 Å². The Hall–Kier alpha value is 0.860. The molecule has 1 aliphatic rings. The molecule has 0 N–H and O–H groups in total. The molecule has 0 aromatic carbocycles. The van der Waals surface area contributed by atoms with E-state index in [1.807, 2.05) is 13.8 Å². The van der Waals surface area contributed by atoms with E-state index in [1.165, 1.54) is 31.8 Å². The summed E-state index contributed by atoms with van der Waals surface area (Å²) >= 11 is 0. The minimum atomic E-state index is 0.291. The fourth-order valence-electron chi connectivity index (χ4n) is 2.96. The first-order valence-electron chi connectivity index (χ1n) is 6.90. The summed E-state index contributed by atoms with van der Waals surface area (Å²) in [6.07, 6.45) is 7.30. The van der Waals surface area contributed by atoms with Gasteiger partial charge in [0.2, 0.25) is 0 Å². The summed E-state index contributed by atoms with van der Waals surface area (Å²) < 4.78 is 0. The van der Waals surface area contributed by atoms with Crippen molar-refractivity contribution in [3.05, 3.63) is 0 Å². The van der Waals surface area contributed by atoms with Crippen molar-refractivity contribution < 1.29 is 0 Å². The van der Waals surface area contributed by atoms with Gasteiger partial charge in [-0.2, -0.15) is 0 Å². The Morgan fingerprint density at radius 2 is 1.94 bits per heavy atom. The molecular formula is C14H32P2. The van der Waals surface area contributed by atoms with E-state index in [-0.39, 0.29) is 0 Å². The zero-order valence-corrected chi connectivity index (χ0v) is 14.4. The highest BCUT2D eigenvalue weighted by atomic mass is 31.1. The molecule has 1 heterocycles. The Balaban J connectivity index is 0.00000106. The molecule has 1 aliphatic heterocycles. The first kappa shape index (κ1) is 16.9. The van der Waals surface area contributed by atoms with Crippen molar-refractivity contribution in [3.8, 4) is 0 Å². The lowest BCUT2D eigenvalue weighted by atomic mass is 9.86. The van der Waals surface area contributed by atoms with Gasteiger partial charge in [-0.05, 0) is 49.1 Å². The van der Waals surface area contributed by atoms with Gasteiger partial charge in [-0.15, -0.1) is 16.5 Å². The summed E-state index contributed by atoms with van der Waals surface area (Å²) in [6, 6.07) is 0. The van der Waals surface area contributed by atoms with E-state index in [1.54, 1.807) is 0 Å². The fourth-order valence-corrected chi connectivity index (χ4v) is 7.65. The van der Waals surface area contributed by atoms with Crippen LogP contribution >= 0.6 is 16.5 Å². The molecule has 0 nitrogen and oxygen atoms in total. The van der Waals surface area contributed by atoms with Gasteiger partial charge in [0.1, 0.15) is 0 Å². The molecule has 1 rings (SSSR count). The van der Waals surface area contributed by atoms with Crippen LogP contribution in [-0.2, 0) is 0 Å². The molecule has 0 saturated carbocycles. The molecule has 0 aromatic rings. The third kappa shape index (κ3) is 3.20. The summed E-state index contributed by atoms with van der Waals surface area (Å²) in [4.78, 5) is 0. The molecule has 2 unspecified atom stereocenters. The highest BCUT2D eigenvalue weighted by Crippen LogP contribution is 2.65. The standard InChI is InChI=1S/C12H26P2.C2H6/c1-6-8-11(2,13-4)12(3)9-7-10-14(12)5;1-2/h13H,6-10H2,1-5H3;1-2H3/t11-,12-,14?;/m1./s1. The minimum absolute atomic E-state index is 0.291. The monoisotopic (exact) mass is 262 g/mol. The Morgan fingerprint density at radius 3 is 2.25 bits per heavy atom. The largest absolute Gasteiger partial charge is 0.118 e. The van der Waals surface area contributed by atoms with Crippen LogP contribution < -0.4 is 0 Å². The molecule has 0 bridgehead atoms. The van der Waals surface area contributed by atoms with Crippen molar-refractivity contribution in [2.45, 2.75) is 70.6 Å². The van der Waals surface area contributed by atoms with Crippen molar-refractivity contribution in [1.82, 2.24) is 0 Å². The van der Waals surface area contributed by atoms with Gasteiger partial charge < -0.3 is 0 Å². The average Bonchev–Trinajstić information content (AvgIpc) is 2.64. The van der Waals surface area contributed by atoms with Gasteiger partial charge in [0.25, 0.3) is 0 Å². The van der Waals surface area contributed by atoms with Crippen molar-refractivity contribution in [2.75, 3.05) is 19.5 Å². The van der Waals surface area contributed by atoms with Gasteiger partial charge >= 0.3 is 0 Å². The maximum atomic E-state index is 2.58. The number of rotatable bonds is 4. The summed E-state index contributed by atoms with van der Waals surface area (Å²) in [7, 11) is 1.41. The highest BCUT2D eigenvalue weighted by Gasteiger charge is 2.48. The first-order valence-corrected chi connectivity index (χ1v) is 10.4. The van der Waals surface area contributed by atoms with Crippen LogP contribution in [0.25, 0.3) is 0 Å². The Labute approximate surface area is 107 Å². The molecule has 98 valence electrons. The quantitative estimate of drug-likeness (QED) is 0.583. The first-order chi connectivity index (χ1) is 7.50. The molecule has 4 atom stereocenters. The molecular weight excluding hydrogens is 230 g/mol. The van der Waals surface area contributed by atoms with E-state index in [9.17, 15) is 0 Å². The van der Waals surface area contributed by atoms with Crippen molar-refractivity contribution in [2.24, 2.45) is 0 Å². The molecule has 16 heavy (non-hydrogen) atoms. The molecule has 0 aromatic heterocycles. The molecule has 1 fully saturated rings. The van der Waals surface area contributed by atoms with Gasteiger partial charge in [0.15, 0.2) is 0 Å². The Morgan fingerprint density at radius 1 is 1.38 bits per heavy atom. The van der Waals surface area contributed by atoms with Gasteiger partial charge in [0, 0.05) is 0 Å². The minimum Gasteiger partial charge on any atom is -0.118 e. The third-order valence-electron chi connectivity index (χ3n) is 4.49. The predicted octanol–water partition coefficient (Wildman–Crippen LogP) is 5.54. The lowest BCUT2D eigenvalue weighted by Crippen LogP contribution is -2.42. The SMILES string of the molecule is CC.CCC[C@@](C)(PC)[C@@]1(C)CCCP1C. The Bertz CT molecular complexity index is 193. The zero-order valence-electron chi connectivity index (χ0n) is 12.5. The van der Waals surface area contributed by atoms with E-state index in [2.05, 4.69) is 34.1 Å². The van der Waals surface area contributed by atoms with Gasteiger partial charge in [0.05, 0.1) is 0 Å². The number of hydrogen-bond acceptors (Lipinski definition) is 0. The second-order valence-electron chi connectivity index (χ2n) is 5.13. The fraction of sp³-hybridized carbons (Fsp3) is 1.00. The average molecular weight is 262 g/mol. The van der Waals surface area contributed by atoms with Gasteiger partial charge in [-0.3, -0.25) is 0 Å². The van der Waals surface area contributed by atoms with Crippen molar-refractivity contribution in [1.29, 1.82) is 0 Å². The van der Waals surface area contributed by atoms with Gasteiger partial charge in [-0.25, -0.2) is 0 Å². The van der Waals surface area contributed by atoms with Crippen LogP contribution in [0.15, 0.2) is 0 Å². The highest BCUT2D eigenvalue weighted by molar-refractivity contribution is 7.60. The molecule has 0 aliphatic carbocycles. The normalized spacial score (nSPS) is 33.6. The second-order valence-corrected chi connectivity index (χ2v) is 9.56. The van der Waals surface area contributed by atoms with E-state index >= 15 is 0 Å². The maximum absolute atomic E-state index is 2.58. The summed E-state index contributed by atoms with van der Waals surface area (Å²) in [5, 5.41) is 1.32. The van der Waals surface area contributed by atoms with Crippen LogP contribution in [0.4, 0.5) is 0 Å². The third-order valence-corrected chi connectivity index (χ3v) is 9.99. The number of hydrogen-bond donors (Lipinski definition) is 0. The lowest BCUT2D eigenvalue weighted by molar-refractivity contribution is 0.424. The van der Waals surface area contributed by atoms with E-state index in [0.717, 1.165) is 8.58 Å². The van der Waals surface area contributed by atoms with Gasteiger partial charge in [-0.1, -0.05) is 41.0 Å². The topological polar surface area (TPSA) is 0 Å². The lowest BCUT2D eigenvalue weighted by Gasteiger charge is -2.47. The van der Waals surface area contributed by atoms with E-state index in [4.69, 9.17) is 0 Å². The van der Waals surface area contributed by atoms with Crippen LogP contribution in [0.5, 0.6) is 0 Å². The molecule has 0 spiro atoms. The smallest absolute Gasteiger partial charge is 0.00346 e. The van der Waals surface area contributed by atoms with E-state index in [0.29, 0.717) is 18.2 Å². The second kappa shape index (κ2) is 7.33. The maximum Gasteiger partial charge on any atom is -0.00346 e.